The monoisotopic (exact) mass is 329 g/mol. The van der Waals surface area contributed by atoms with E-state index in [1.54, 1.807) is 34.1 Å². The van der Waals surface area contributed by atoms with E-state index in [2.05, 4.69) is 10.6 Å². The highest BCUT2D eigenvalue weighted by atomic mass is 16.2. The molecule has 1 heterocycles. The quantitative estimate of drug-likeness (QED) is 0.890. The summed E-state index contributed by atoms with van der Waals surface area (Å²) in [5, 5.41) is 14.5. The fourth-order valence-electron chi connectivity index (χ4n) is 2.35. The van der Waals surface area contributed by atoms with Crippen molar-refractivity contribution in [2.24, 2.45) is 5.92 Å². The lowest BCUT2D eigenvalue weighted by molar-refractivity contribution is 0.148. The Morgan fingerprint density at radius 1 is 1.08 bits per heavy atom. The van der Waals surface area contributed by atoms with Gasteiger partial charge in [-0.3, -0.25) is 0 Å². The van der Waals surface area contributed by atoms with Crippen LogP contribution in [0.4, 0.5) is 15.3 Å². The number of nitriles is 1. The van der Waals surface area contributed by atoms with Crippen LogP contribution in [-0.2, 0) is 0 Å². The zero-order chi connectivity index (χ0) is 17.5. The third-order valence-electron chi connectivity index (χ3n) is 3.78. The highest BCUT2D eigenvalue weighted by Gasteiger charge is 2.24. The number of piperazine rings is 1. The van der Waals surface area contributed by atoms with Gasteiger partial charge in [-0.25, -0.2) is 9.59 Å². The zero-order valence-corrected chi connectivity index (χ0v) is 14.1. The molecule has 0 aromatic heterocycles. The van der Waals surface area contributed by atoms with Gasteiger partial charge in [-0.05, 0) is 30.2 Å². The molecular formula is C17H23N5O2. The second-order valence-corrected chi connectivity index (χ2v) is 6.17. The van der Waals surface area contributed by atoms with E-state index < -0.39 is 0 Å². The van der Waals surface area contributed by atoms with Gasteiger partial charge in [0, 0.05) is 38.4 Å². The molecule has 0 spiro atoms. The minimum absolute atomic E-state index is 0.0733. The second-order valence-electron chi connectivity index (χ2n) is 6.17. The van der Waals surface area contributed by atoms with Crippen molar-refractivity contribution in [3.8, 4) is 6.07 Å². The Balaban J connectivity index is 1.79. The summed E-state index contributed by atoms with van der Waals surface area (Å²) in [6.07, 6.45) is 0. The number of anilines is 1. The van der Waals surface area contributed by atoms with Gasteiger partial charge in [-0.1, -0.05) is 13.8 Å². The number of hydrogen-bond donors (Lipinski definition) is 2. The van der Waals surface area contributed by atoms with Gasteiger partial charge in [0.2, 0.25) is 0 Å². The molecule has 1 fully saturated rings. The number of nitrogens with zero attached hydrogens (tertiary/aromatic N) is 3. The molecule has 4 amide bonds. The van der Waals surface area contributed by atoms with Crippen LogP contribution in [0.1, 0.15) is 19.4 Å². The Bertz CT molecular complexity index is 613. The first-order valence-corrected chi connectivity index (χ1v) is 8.08. The number of amides is 4. The van der Waals surface area contributed by atoms with Crippen molar-refractivity contribution in [3.63, 3.8) is 0 Å². The van der Waals surface area contributed by atoms with Gasteiger partial charge in [0.1, 0.15) is 0 Å². The van der Waals surface area contributed by atoms with Crippen LogP contribution in [0.25, 0.3) is 0 Å². The van der Waals surface area contributed by atoms with E-state index in [1.165, 1.54) is 0 Å². The van der Waals surface area contributed by atoms with Crippen LogP contribution in [-0.4, -0.2) is 54.6 Å². The molecule has 1 aliphatic rings. The summed E-state index contributed by atoms with van der Waals surface area (Å²) in [6, 6.07) is 8.49. The van der Waals surface area contributed by atoms with Crippen molar-refractivity contribution in [2.75, 3.05) is 38.0 Å². The Morgan fingerprint density at radius 2 is 1.62 bits per heavy atom. The van der Waals surface area contributed by atoms with E-state index in [9.17, 15) is 9.59 Å². The maximum Gasteiger partial charge on any atom is 0.321 e. The van der Waals surface area contributed by atoms with Gasteiger partial charge >= 0.3 is 12.1 Å². The fraction of sp³-hybridized carbons (Fsp3) is 0.471. The van der Waals surface area contributed by atoms with E-state index in [0.29, 0.717) is 49.9 Å². The normalized spacial score (nSPS) is 14.2. The molecule has 1 aromatic carbocycles. The minimum atomic E-state index is -0.193. The first-order valence-electron chi connectivity index (χ1n) is 8.08. The van der Waals surface area contributed by atoms with Gasteiger partial charge in [0.05, 0.1) is 11.6 Å². The van der Waals surface area contributed by atoms with Gasteiger partial charge in [0.15, 0.2) is 0 Å². The molecule has 0 radical (unpaired) electrons. The lowest BCUT2D eigenvalue weighted by Crippen LogP contribution is -2.54. The fourth-order valence-corrected chi connectivity index (χ4v) is 2.35. The molecule has 2 N–H and O–H groups in total. The van der Waals surface area contributed by atoms with Gasteiger partial charge < -0.3 is 20.4 Å². The average Bonchev–Trinajstić information content (AvgIpc) is 2.60. The molecule has 0 atom stereocenters. The number of nitrogens with one attached hydrogen (secondary N) is 2. The summed E-state index contributed by atoms with van der Waals surface area (Å²) < 4.78 is 0. The molecular weight excluding hydrogens is 306 g/mol. The van der Waals surface area contributed by atoms with E-state index in [4.69, 9.17) is 5.26 Å². The van der Waals surface area contributed by atoms with Crippen molar-refractivity contribution in [1.82, 2.24) is 15.1 Å². The lowest BCUT2D eigenvalue weighted by atomic mass is 10.2. The summed E-state index contributed by atoms with van der Waals surface area (Å²) >= 11 is 0. The average molecular weight is 329 g/mol. The van der Waals surface area contributed by atoms with Gasteiger partial charge in [0.25, 0.3) is 0 Å². The summed E-state index contributed by atoms with van der Waals surface area (Å²) in [4.78, 5) is 27.7. The molecule has 0 bridgehead atoms. The third-order valence-corrected chi connectivity index (χ3v) is 3.78. The molecule has 2 rings (SSSR count). The number of carbonyl (C=O) groups excluding carboxylic acids is 2. The number of hydrogen-bond acceptors (Lipinski definition) is 3. The molecule has 7 heteroatoms. The zero-order valence-electron chi connectivity index (χ0n) is 14.1. The van der Waals surface area contributed by atoms with Crippen LogP contribution in [0.15, 0.2) is 24.3 Å². The number of rotatable bonds is 3. The summed E-state index contributed by atoms with van der Waals surface area (Å²) in [5.74, 6) is 0.411. The van der Waals surface area contributed by atoms with E-state index in [1.807, 2.05) is 19.9 Å². The van der Waals surface area contributed by atoms with E-state index in [0.717, 1.165) is 0 Å². The molecule has 0 aliphatic carbocycles. The second kappa shape index (κ2) is 8.20. The summed E-state index contributed by atoms with van der Waals surface area (Å²) in [7, 11) is 0. The number of benzene rings is 1. The van der Waals surface area contributed by atoms with Crippen LogP contribution in [0.2, 0.25) is 0 Å². The van der Waals surface area contributed by atoms with E-state index in [-0.39, 0.29) is 12.1 Å². The van der Waals surface area contributed by atoms with Crippen LogP contribution in [0, 0.1) is 17.2 Å². The van der Waals surface area contributed by atoms with E-state index >= 15 is 0 Å². The van der Waals surface area contributed by atoms with Crippen molar-refractivity contribution < 1.29 is 9.59 Å². The first-order chi connectivity index (χ1) is 11.5. The van der Waals surface area contributed by atoms with Crippen molar-refractivity contribution in [2.45, 2.75) is 13.8 Å². The molecule has 0 unspecified atom stereocenters. The Morgan fingerprint density at radius 3 is 2.12 bits per heavy atom. The molecule has 1 saturated heterocycles. The van der Waals surface area contributed by atoms with Crippen LogP contribution in [0.3, 0.4) is 0 Å². The minimum Gasteiger partial charge on any atom is -0.338 e. The maximum atomic E-state index is 12.2. The van der Waals surface area contributed by atoms with Crippen molar-refractivity contribution in [1.29, 1.82) is 5.26 Å². The summed E-state index contributed by atoms with van der Waals surface area (Å²) in [5.41, 5.74) is 1.20. The van der Waals surface area contributed by atoms with Crippen molar-refractivity contribution >= 4 is 17.7 Å². The number of carbonyl (C=O) groups is 2. The Hall–Kier alpha value is -2.75. The molecule has 24 heavy (non-hydrogen) atoms. The Labute approximate surface area is 142 Å². The van der Waals surface area contributed by atoms with Crippen molar-refractivity contribution in [3.05, 3.63) is 29.8 Å². The third kappa shape index (κ3) is 4.88. The highest BCUT2D eigenvalue weighted by Crippen LogP contribution is 2.11. The van der Waals surface area contributed by atoms with Gasteiger partial charge in [-0.15, -0.1) is 0 Å². The van der Waals surface area contributed by atoms with Gasteiger partial charge in [-0.2, -0.15) is 5.26 Å². The SMILES string of the molecule is CC(C)CNC(=O)N1CCN(C(=O)Nc2ccc(C#N)cc2)CC1. The molecule has 1 aromatic rings. The molecule has 7 nitrogen and oxygen atoms in total. The number of urea groups is 2. The van der Waals surface area contributed by atoms with Crippen LogP contribution >= 0.6 is 0 Å². The largest absolute Gasteiger partial charge is 0.338 e. The molecule has 128 valence electrons. The Kier molecular flexibility index (Phi) is 6.01. The lowest BCUT2D eigenvalue weighted by Gasteiger charge is -2.34. The smallest absolute Gasteiger partial charge is 0.321 e. The standard InChI is InChI=1S/C17H23N5O2/c1-13(2)12-19-16(23)21-7-9-22(10-8-21)17(24)20-15-5-3-14(11-18)4-6-15/h3-6,13H,7-10,12H2,1-2H3,(H,19,23)(H,20,24). The van der Waals surface area contributed by atoms with Crippen LogP contribution in [0.5, 0.6) is 0 Å². The predicted octanol–water partition coefficient (Wildman–Crippen LogP) is 2.07. The maximum absolute atomic E-state index is 12.2. The highest BCUT2D eigenvalue weighted by molar-refractivity contribution is 5.89. The molecule has 0 saturated carbocycles. The predicted molar refractivity (Wildman–Crippen MR) is 91.6 cm³/mol. The first kappa shape index (κ1) is 17.6. The molecule has 1 aliphatic heterocycles. The topological polar surface area (TPSA) is 88.5 Å². The van der Waals surface area contributed by atoms with Crippen LogP contribution < -0.4 is 10.6 Å². The summed E-state index contributed by atoms with van der Waals surface area (Å²) in [6.45, 7) is 6.78.